The molecular formula is C17H31N. The van der Waals surface area contributed by atoms with Gasteiger partial charge in [-0.1, -0.05) is 59.0 Å². The van der Waals surface area contributed by atoms with Crippen molar-refractivity contribution in [1.29, 1.82) is 0 Å². The van der Waals surface area contributed by atoms with Crippen LogP contribution in [0.4, 0.5) is 0 Å². The fourth-order valence-electron chi connectivity index (χ4n) is 2.68. The first-order valence-electron chi connectivity index (χ1n) is 7.90. The molecule has 1 rings (SSSR count). The third kappa shape index (κ3) is 5.37. The van der Waals surface area contributed by atoms with Gasteiger partial charge in [0.2, 0.25) is 0 Å². The first kappa shape index (κ1) is 15.5. The highest BCUT2D eigenvalue weighted by Crippen LogP contribution is 2.26. The highest BCUT2D eigenvalue weighted by molar-refractivity contribution is 5.85. The maximum Gasteiger partial charge on any atom is 0.0388 e. The molecule has 1 aliphatic carbocycles. The molecule has 0 bridgehead atoms. The molecule has 0 atom stereocenters. The van der Waals surface area contributed by atoms with E-state index >= 15 is 0 Å². The van der Waals surface area contributed by atoms with Crippen LogP contribution in [0.1, 0.15) is 79.1 Å². The average molecular weight is 249 g/mol. The number of unbranched alkanes of at least 4 members (excludes halogenated alkanes) is 2. The first-order chi connectivity index (χ1) is 8.65. The van der Waals surface area contributed by atoms with E-state index in [-0.39, 0.29) is 0 Å². The third-order valence-corrected chi connectivity index (χ3v) is 4.00. The predicted octanol–water partition coefficient (Wildman–Crippen LogP) is 5.76. The van der Waals surface area contributed by atoms with Gasteiger partial charge in [0.1, 0.15) is 0 Å². The Balaban J connectivity index is 2.64. The lowest BCUT2D eigenvalue weighted by atomic mass is 9.86. The van der Waals surface area contributed by atoms with Gasteiger partial charge in [0.25, 0.3) is 0 Å². The molecular weight excluding hydrogens is 218 g/mol. The Morgan fingerprint density at radius 3 is 2.44 bits per heavy atom. The van der Waals surface area contributed by atoms with Gasteiger partial charge in [-0.3, -0.25) is 4.99 Å². The van der Waals surface area contributed by atoms with E-state index in [1.165, 1.54) is 62.8 Å². The largest absolute Gasteiger partial charge is 0.262 e. The van der Waals surface area contributed by atoms with E-state index in [0.717, 1.165) is 5.92 Å². The second-order valence-electron chi connectivity index (χ2n) is 6.01. The van der Waals surface area contributed by atoms with Crippen molar-refractivity contribution in [3.05, 3.63) is 11.8 Å². The minimum atomic E-state index is 0.556. The summed E-state index contributed by atoms with van der Waals surface area (Å²) in [4.78, 5) is 4.95. The molecule has 104 valence electrons. The fraction of sp³-hybridized carbons (Fsp3) is 0.824. The molecule has 0 aromatic rings. The Labute approximate surface area is 114 Å². The molecule has 0 aromatic heterocycles. The van der Waals surface area contributed by atoms with E-state index in [2.05, 4.69) is 33.8 Å². The summed E-state index contributed by atoms with van der Waals surface area (Å²) in [6.45, 7) is 9.01. The lowest BCUT2D eigenvalue weighted by Crippen LogP contribution is -2.15. The standard InChI is InChI=1S/C17H31N/c1-5-6-8-13-17(14(2)3)18-15(4)16-11-9-7-10-12-16/h13-14,16H,5-12H2,1-4H3/b17-13-,18-15?. The average Bonchev–Trinajstić information content (AvgIpc) is 2.38. The van der Waals surface area contributed by atoms with Crippen LogP contribution in [0.3, 0.4) is 0 Å². The lowest BCUT2D eigenvalue weighted by molar-refractivity contribution is 0.438. The zero-order valence-electron chi connectivity index (χ0n) is 12.8. The van der Waals surface area contributed by atoms with Crippen molar-refractivity contribution in [2.75, 3.05) is 0 Å². The van der Waals surface area contributed by atoms with E-state index in [0.29, 0.717) is 5.92 Å². The smallest absolute Gasteiger partial charge is 0.0388 e. The van der Waals surface area contributed by atoms with Gasteiger partial charge < -0.3 is 0 Å². The van der Waals surface area contributed by atoms with Gasteiger partial charge in [0.05, 0.1) is 0 Å². The molecule has 1 aliphatic rings. The van der Waals surface area contributed by atoms with E-state index in [1.807, 2.05) is 0 Å². The Bertz CT molecular complexity index is 280. The second-order valence-corrected chi connectivity index (χ2v) is 6.01. The summed E-state index contributed by atoms with van der Waals surface area (Å²) in [6, 6.07) is 0. The molecule has 1 fully saturated rings. The van der Waals surface area contributed by atoms with Gasteiger partial charge in [-0.15, -0.1) is 0 Å². The number of hydrogen-bond acceptors (Lipinski definition) is 1. The molecule has 1 saturated carbocycles. The summed E-state index contributed by atoms with van der Waals surface area (Å²) >= 11 is 0. The van der Waals surface area contributed by atoms with Crippen LogP contribution in [0, 0.1) is 11.8 Å². The molecule has 18 heavy (non-hydrogen) atoms. The molecule has 1 nitrogen and oxygen atoms in total. The maximum atomic E-state index is 4.95. The molecule has 0 aliphatic heterocycles. The van der Waals surface area contributed by atoms with Gasteiger partial charge in [-0.05, 0) is 38.0 Å². The number of hydrogen-bond donors (Lipinski definition) is 0. The monoisotopic (exact) mass is 249 g/mol. The van der Waals surface area contributed by atoms with Crippen LogP contribution in [0.15, 0.2) is 16.8 Å². The van der Waals surface area contributed by atoms with Gasteiger partial charge in [0.15, 0.2) is 0 Å². The fourth-order valence-corrected chi connectivity index (χ4v) is 2.68. The normalized spacial score (nSPS) is 19.6. The zero-order chi connectivity index (χ0) is 13.4. The highest BCUT2D eigenvalue weighted by atomic mass is 14.8. The van der Waals surface area contributed by atoms with Crippen LogP contribution in [0.5, 0.6) is 0 Å². The van der Waals surface area contributed by atoms with Crippen molar-refractivity contribution in [3.63, 3.8) is 0 Å². The van der Waals surface area contributed by atoms with Gasteiger partial charge in [-0.25, -0.2) is 0 Å². The number of allylic oxidation sites excluding steroid dienone is 2. The number of aliphatic imine (C=N–C) groups is 1. The van der Waals surface area contributed by atoms with Crippen molar-refractivity contribution < 1.29 is 0 Å². The number of nitrogens with zero attached hydrogens (tertiary/aromatic N) is 1. The van der Waals surface area contributed by atoms with Gasteiger partial charge in [0, 0.05) is 11.4 Å². The zero-order valence-corrected chi connectivity index (χ0v) is 12.8. The minimum Gasteiger partial charge on any atom is -0.262 e. The topological polar surface area (TPSA) is 12.4 Å². The molecule has 0 unspecified atom stereocenters. The van der Waals surface area contributed by atoms with Crippen LogP contribution in [0.25, 0.3) is 0 Å². The first-order valence-corrected chi connectivity index (χ1v) is 7.90. The molecule has 0 saturated heterocycles. The Morgan fingerprint density at radius 2 is 1.89 bits per heavy atom. The lowest BCUT2D eigenvalue weighted by Gasteiger charge is -2.22. The summed E-state index contributed by atoms with van der Waals surface area (Å²) in [5, 5.41) is 0. The summed E-state index contributed by atoms with van der Waals surface area (Å²) in [7, 11) is 0. The highest BCUT2D eigenvalue weighted by Gasteiger charge is 2.16. The summed E-state index contributed by atoms with van der Waals surface area (Å²) in [5.41, 5.74) is 2.69. The Hall–Kier alpha value is -0.590. The SMILES string of the molecule is CCCC/C=C(\N=C(C)C1CCCCC1)C(C)C. The molecule has 0 heterocycles. The molecule has 0 aromatic carbocycles. The van der Waals surface area contributed by atoms with Gasteiger partial charge >= 0.3 is 0 Å². The van der Waals surface area contributed by atoms with Crippen LogP contribution in [-0.4, -0.2) is 5.71 Å². The van der Waals surface area contributed by atoms with Crippen molar-refractivity contribution >= 4 is 5.71 Å². The molecule has 0 radical (unpaired) electrons. The molecule has 0 amide bonds. The molecule has 1 heteroatoms. The second kappa shape index (κ2) is 8.50. The Morgan fingerprint density at radius 1 is 1.22 bits per heavy atom. The van der Waals surface area contributed by atoms with Crippen molar-refractivity contribution in [2.45, 2.75) is 79.1 Å². The molecule has 0 N–H and O–H groups in total. The van der Waals surface area contributed by atoms with E-state index in [1.54, 1.807) is 0 Å². The van der Waals surface area contributed by atoms with Crippen molar-refractivity contribution in [1.82, 2.24) is 0 Å². The summed E-state index contributed by atoms with van der Waals surface area (Å²) in [6.07, 6.45) is 13.0. The van der Waals surface area contributed by atoms with Crippen molar-refractivity contribution in [2.24, 2.45) is 16.8 Å². The van der Waals surface area contributed by atoms with E-state index in [4.69, 9.17) is 4.99 Å². The van der Waals surface area contributed by atoms with Crippen molar-refractivity contribution in [3.8, 4) is 0 Å². The predicted molar refractivity (Wildman–Crippen MR) is 82.1 cm³/mol. The molecule has 0 spiro atoms. The van der Waals surface area contributed by atoms with Crippen LogP contribution in [0.2, 0.25) is 0 Å². The van der Waals surface area contributed by atoms with Crippen LogP contribution >= 0.6 is 0 Å². The Kier molecular flexibility index (Phi) is 7.31. The quantitative estimate of drug-likeness (QED) is 0.419. The number of rotatable bonds is 6. The van der Waals surface area contributed by atoms with Crippen LogP contribution < -0.4 is 0 Å². The van der Waals surface area contributed by atoms with E-state index in [9.17, 15) is 0 Å². The summed E-state index contributed by atoms with van der Waals surface area (Å²) in [5.74, 6) is 1.31. The maximum absolute atomic E-state index is 4.95. The summed E-state index contributed by atoms with van der Waals surface area (Å²) < 4.78 is 0. The van der Waals surface area contributed by atoms with Gasteiger partial charge in [-0.2, -0.15) is 0 Å². The van der Waals surface area contributed by atoms with Crippen LogP contribution in [-0.2, 0) is 0 Å². The minimum absolute atomic E-state index is 0.556. The van der Waals surface area contributed by atoms with E-state index < -0.39 is 0 Å². The third-order valence-electron chi connectivity index (χ3n) is 4.00.